The van der Waals surface area contributed by atoms with Gasteiger partial charge in [0.25, 0.3) is 0 Å². The van der Waals surface area contributed by atoms with Crippen molar-refractivity contribution in [3.63, 3.8) is 0 Å². The topological polar surface area (TPSA) is 9.23 Å². The van der Waals surface area contributed by atoms with Gasteiger partial charge in [0.2, 0.25) is 0 Å². The Morgan fingerprint density at radius 1 is 0.750 bits per heavy atom. The second-order valence-corrected chi connectivity index (χ2v) is 6.75. The molecule has 0 aliphatic heterocycles. The van der Waals surface area contributed by atoms with Gasteiger partial charge >= 0.3 is 0 Å². The van der Waals surface area contributed by atoms with E-state index >= 15 is 0 Å². The fourth-order valence-electron chi connectivity index (χ4n) is 3.07. The summed E-state index contributed by atoms with van der Waals surface area (Å²) in [4.78, 5) is 0. The molecule has 0 bridgehead atoms. The van der Waals surface area contributed by atoms with Crippen LogP contribution in [0.1, 0.15) is 69.4 Å². The number of para-hydroxylation sites is 1. The summed E-state index contributed by atoms with van der Waals surface area (Å²) in [5.41, 5.74) is 2.65. The molecule has 0 aliphatic carbocycles. The quantitative estimate of drug-likeness (QED) is 0.389. The van der Waals surface area contributed by atoms with E-state index in [1.807, 2.05) is 30.3 Å². The maximum atomic E-state index is 6.09. The van der Waals surface area contributed by atoms with Gasteiger partial charge in [-0.15, -0.1) is 0 Å². The van der Waals surface area contributed by atoms with Crippen LogP contribution in [0.4, 0.5) is 0 Å². The average Bonchev–Trinajstić information content (AvgIpc) is 2.60. The minimum absolute atomic E-state index is 0.915. The smallest absolute Gasteiger partial charge is 0.130 e. The van der Waals surface area contributed by atoms with Crippen LogP contribution in [-0.4, -0.2) is 0 Å². The van der Waals surface area contributed by atoms with Gasteiger partial charge in [0, 0.05) is 0 Å². The predicted molar refractivity (Wildman–Crippen MR) is 104 cm³/mol. The number of hydrogen-bond acceptors (Lipinski definition) is 1. The predicted octanol–water partition coefficient (Wildman–Crippen LogP) is 7.47. The Morgan fingerprint density at radius 3 is 2.12 bits per heavy atom. The number of aryl methyl sites for hydroxylation is 2. The highest BCUT2D eigenvalue weighted by atomic mass is 16.5. The van der Waals surface area contributed by atoms with E-state index in [1.165, 1.54) is 62.5 Å². The normalized spacial score (nSPS) is 10.8. The molecular formula is C23H32O. The van der Waals surface area contributed by atoms with E-state index in [-0.39, 0.29) is 0 Å². The molecule has 130 valence electrons. The lowest BCUT2D eigenvalue weighted by molar-refractivity contribution is 0.473. The zero-order chi connectivity index (χ0) is 17.0. The van der Waals surface area contributed by atoms with Crippen molar-refractivity contribution in [2.45, 2.75) is 71.6 Å². The second-order valence-electron chi connectivity index (χ2n) is 6.75. The summed E-state index contributed by atoms with van der Waals surface area (Å²) < 4.78 is 6.09. The van der Waals surface area contributed by atoms with Gasteiger partial charge in [0.05, 0.1) is 0 Å². The first-order chi connectivity index (χ1) is 11.8. The van der Waals surface area contributed by atoms with Gasteiger partial charge in [-0.05, 0) is 43.5 Å². The van der Waals surface area contributed by atoms with E-state index in [0.29, 0.717) is 0 Å². The van der Waals surface area contributed by atoms with Gasteiger partial charge in [-0.1, -0.05) is 87.8 Å². The molecule has 0 amide bonds. The monoisotopic (exact) mass is 324 g/mol. The van der Waals surface area contributed by atoms with Crippen LogP contribution >= 0.6 is 0 Å². The summed E-state index contributed by atoms with van der Waals surface area (Å²) >= 11 is 0. The lowest BCUT2D eigenvalue weighted by Crippen LogP contribution is -1.94. The Balaban J connectivity index is 1.80. The third kappa shape index (κ3) is 6.78. The highest BCUT2D eigenvalue weighted by Crippen LogP contribution is 2.27. The fourth-order valence-corrected chi connectivity index (χ4v) is 3.07. The Hall–Kier alpha value is -1.76. The molecule has 0 radical (unpaired) electrons. The molecule has 0 heterocycles. The highest BCUT2D eigenvalue weighted by molar-refractivity contribution is 5.40. The molecule has 0 fully saturated rings. The minimum Gasteiger partial charge on any atom is -0.457 e. The van der Waals surface area contributed by atoms with E-state index < -0.39 is 0 Å². The van der Waals surface area contributed by atoms with Crippen molar-refractivity contribution in [2.75, 3.05) is 0 Å². The van der Waals surface area contributed by atoms with Crippen molar-refractivity contribution in [3.8, 4) is 11.5 Å². The molecule has 0 saturated carbocycles. The molecule has 2 aromatic carbocycles. The van der Waals surface area contributed by atoms with E-state index in [4.69, 9.17) is 4.74 Å². The first-order valence-electron chi connectivity index (χ1n) is 9.62. The molecule has 24 heavy (non-hydrogen) atoms. The third-order valence-corrected chi connectivity index (χ3v) is 4.49. The van der Waals surface area contributed by atoms with Crippen molar-refractivity contribution >= 4 is 0 Å². The molecule has 0 unspecified atom stereocenters. The van der Waals surface area contributed by atoms with Gasteiger partial charge in [-0.3, -0.25) is 0 Å². The first kappa shape index (κ1) is 18.6. The Morgan fingerprint density at radius 2 is 1.42 bits per heavy atom. The second kappa shape index (κ2) is 10.9. The zero-order valence-electron chi connectivity index (χ0n) is 15.4. The van der Waals surface area contributed by atoms with Crippen LogP contribution in [0.15, 0.2) is 48.5 Å². The SMILES string of the molecule is CCCCCCCCCCc1cc(C)ccc1Oc1ccccc1. The summed E-state index contributed by atoms with van der Waals surface area (Å²) in [5.74, 6) is 1.92. The van der Waals surface area contributed by atoms with Gasteiger partial charge in [0.15, 0.2) is 0 Å². The summed E-state index contributed by atoms with van der Waals surface area (Å²) in [5, 5.41) is 0. The Bertz CT molecular complexity index is 574. The zero-order valence-corrected chi connectivity index (χ0v) is 15.4. The van der Waals surface area contributed by atoms with E-state index in [0.717, 1.165) is 17.9 Å². The number of ether oxygens (including phenoxy) is 1. The van der Waals surface area contributed by atoms with E-state index in [1.54, 1.807) is 0 Å². The number of unbranched alkanes of at least 4 members (excludes halogenated alkanes) is 7. The van der Waals surface area contributed by atoms with Crippen LogP contribution in [-0.2, 0) is 6.42 Å². The average molecular weight is 325 g/mol. The van der Waals surface area contributed by atoms with Crippen LogP contribution in [0.3, 0.4) is 0 Å². The van der Waals surface area contributed by atoms with Gasteiger partial charge < -0.3 is 4.74 Å². The number of rotatable bonds is 11. The van der Waals surface area contributed by atoms with Crippen molar-refractivity contribution in [3.05, 3.63) is 59.7 Å². The number of hydrogen-bond donors (Lipinski definition) is 0. The lowest BCUT2D eigenvalue weighted by atomic mass is 10.0. The molecule has 0 aliphatic rings. The molecule has 2 rings (SSSR count). The largest absolute Gasteiger partial charge is 0.457 e. The maximum Gasteiger partial charge on any atom is 0.130 e. The minimum atomic E-state index is 0.915. The molecule has 0 N–H and O–H groups in total. The summed E-state index contributed by atoms with van der Waals surface area (Å²) in [6, 6.07) is 16.6. The highest BCUT2D eigenvalue weighted by Gasteiger charge is 2.05. The molecular weight excluding hydrogens is 292 g/mol. The maximum absolute atomic E-state index is 6.09. The van der Waals surface area contributed by atoms with Crippen LogP contribution in [0, 0.1) is 6.92 Å². The molecule has 1 nitrogen and oxygen atoms in total. The standard InChI is InChI=1S/C23H32O/c1-3-4-5-6-7-8-9-11-14-21-19-20(2)17-18-23(21)24-22-15-12-10-13-16-22/h10,12-13,15-19H,3-9,11,14H2,1-2H3. The molecule has 0 aromatic heterocycles. The Labute approximate surface area is 148 Å². The van der Waals surface area contributed by atoms with Crippen molar-refractivity contribution in [2.24, 2.45) is 0 Å². The van der Waals surface area contributed by atoms with Gasteiger partial charge in [0.1, 0.15) is 11.5 Å². The Kier molecular flexibility index (Phi) is 8.45. The first-order valence-corrected chi connectivity index (χ1v) is 9.62. The lowest BCUT2D eigenvalue weighted by Gasteiger charge is -2.12. The van der Waals surface area contributed by atoms with Crippen molar-refractivity contribution in [1.82, 2.24) is 0 Å². The summed E-state index contributed by atoms with van der Waals surface area (Å²) in [6.45, 7) is 4.43. The number of benzene rings is 2. The van der Waals surface area contributed by atoms with Crippen molar-refractivity contribution < 1.29 is 4.74 Å². The van der Waals surface area contributed by atoms with Crippen LogP contribution in [0.2, 0.25) is 0 Å². The van der Waals surface area contributed by atoms with Crippen LogP contribution in [0.5, 0.6) is 11.5 Å². The van der Waals surface area contributed by atoms with Crippen LogP contribution in [0.25, 0.3) is 0 Å². The van der Waals surface area contributed by atoms with Crippen molar-refractivity contribution in [1.29, 1.82) is 0 Å². The van der Waals surface area contributed by atoms with Gasteiger partial charge in [-0.2, -0.15) is 0 Å². The summed E-state index contributed by atoms with van der Waals surface area (Å²) in [7, 11) is 0. The summed E-state index contributed by atoms with van der Waals surface area (Å²) in [6.07, 6.45) is 12.0. The van der Waals surface area contributed by atoms with E-state index in [2.05, 4.69) is 32.0 Å². The molecule has 0 saturated heterocycles. The molecule has 2 aromatic rings. The van der Waals surface area contributed by atoms with Gasteiger partial charge in [-0.25, -0.2) is 0 Å². The van der Waals surface area contributed by atoms with E-state index in [9.17, 15) is 0 Å². The molecule has 0 spiro atoms. The molecule has 1 heteroatoms. The third-order valence-electron chi connectivity index (χ3n) is 4.49. The van der Waals surface area contributed by atoms with Crippen LogP contribution < -0.4 is 4.74 Å². The molecule has 0 atom stereocenters. The fraction of sp³-hybridized carbons (Fsp3) is 0.478.